The topological polar surface area (TPSA) is 46.3 Å². The fourth-order valence-corrected chi connectivity index (χ4v) is 2.26. The minimum atomic E-state index is -0.0213. The summed E-state index contributed by atoms with van der Waals surface area (Å²) >= 11 is 1.67. The van der Waals surface area contributed by atoms with Crippen molar-refractivity contribution in [1.29, 1.82) is 0 Å². The van der Waals surface area contributed by atoms with Crippen LogP contribution in [0.1, 0.15) is 20.2 Å². The van der Waals surface area contributed by atoms with Gasteiger partial charge in [0.1, 0.15) is 6.26 Å². The molecule has 2 aromatic rings. The number of likely N-dealkylation sites (N-methyl/N-ethyl adjacent to an activating group) is 1. The lowest BCUT2D eigenvalue weighted by Gasteiger charge is -2.14. The Bertz CT molecular complexity index is 490. The third-order valence-electron chi connectivity index (χ3n) is 2.45. The van der Waals surface area contributed by atoms with Crippen LogP contribution < -0.4 is 0 Å². The van der Waals surface area contributed by atoms with E-state index in [9.17, 15) is 4.79 Å². The van der Waals surface area contributed by atoms with E-state index in [1.165, 1.54) is 17.4 Å². The van der Waals surface area contributed by atoms with Crippen LogP contribution in [0.3, 0.4) is 0 Å². The van der Waals surface area contributed by atoms with Gasteiger partial charge >= 0.3 is 0 Å². The number of furan rings is 1. The first-order valence-corrected chi connectivity index (χ1v) is 6.17. The lowest BCUT2D eigenvalue weighted by atomic mass is 10.3. The van der Waals surface area contributed by atoms with E-state index in [-0.39, 0.29) is 5.91 Å². The minimum absolute atomic E-state index is 0.0213. The van der Waals surface area contributed by atoms with E-state index in [1.54, 1.807) is 29.4 Å². The Balaban J connectivity index is 1.89. The molecule has 0 aliphatic carbocycles. The van der Waals surface area contributed by atoms with E-state index >= 15 is 0 Å². The third kappa shape index (κ3) is 2.94. The molecule has 2 aromatic heterocycles. The predicted octanol–water partition coefficient (Wildman–Crippen LogP) is 2.36. The van der Waals surface area contributed by atoms with Gasteiger partial charge in [-0.05, 0) is 13.0 Å². The van der Waals surface area contributed by atoms with Gasteiger partial charge in [-0.3, -0.25) is 4.79 Å². The first-order chi connectivity index (χ1) is 8.16. The fraction of sp³-hybridized carbons (Fsp3) is 0.333. The maximum Gasteiger partial charge on any atom is 0.256 e. The van der Waals surface area contributed by atoms with Crippen LogP contribution in [0.4, 0.5) is 0 Å². The molecule has 2 rings (SSSR count). The second-order valence-electron chi connectivity index (χ2n) is 3.85. The molecule has 1 amide bonds. The van der Waals surface area contributed by atoms with Crippen LogP contribution in [0, 0.1) is 6.92 Å². The largest absolute Gasteiger partial charge is 0.472 e. The van der Waals surface area contributed by atoms with Gasteiger partial charge in [0.15, 0.2) is 0 Å². The molecule has 5 heteroatoms. The summed E-state index contributed by atoms with van der Waals surface area (Å²) in [6.45, 7) is 2.69. The van der Waals surface area contributed by atoms with E-state index in [2.05, 4.69) is 4.98 Å². The van der Waals surface area contributed by atoms with Crippen molar-refractivity contribution < 1.29 is 9.21 Å². The van der Waals surface area contributed by atoms with Crippen LogP contribution in [0.15, 0.2) is 29.2 Å². The van der Waals surface area contributed by atoms with Gasteiger partial charge in [0.2, 0.25) is 0 Å². The first kappa shape index (κ1) is 11.9. The summed E-state index contributed by atoms with van der Waals surface area (Å²) < 4.78 is 4.89. The number of amides is 1. The van der Waals surface area contributed by atoms with Crippen molar-refractivity contribution >= 4 is 17.2 Å². The van der Waals surface area contributed by atoms with Crippen LogP contribution in [0.5, 0.6) is 0 Å². The Morgan fingerprint density at radius 2 is 2.41 bits per heavy atom. The van der Waals surface area contributed by atoms with Gasteiger partial charge in [-0.15, -0.1) is 11.3 Å². The summed E-state index contributed by atoms with van der Waals surface area (Å²) in [5.41, 5.74) is 0.586. The van der Waals surface area contributed by atoms with E-state index in [0.29, 0.717) is 12.1 Å². The van der Waals surface area contributed by atoms with Crippen LogP contribution in [0.2, 0.25) is 0 Å². The molecule has 0 saturated heterocycles. The third-order valence-corrected chi connectivity index (χ3v) is 3.42. The Hall–Kier alpha value is -1.62. The number of aromatic nitrogens is 1. The Morgan fingerprint density at radius 1 is 1.59 bits per heavy atom. The average molecular weight is 250 g/mol. The summed E-state index contributed by atoms with van der Waals surface area (Å²) in [5.74, 6) is -0.0213. The number of hydrogen-bond donors (Lipinski definition) is 0. The molecule has 90 valence electrons. The molecule has 0 fully saturated rings. The number of rotatable bonds is 4. The summed E-state index contributed by atoms with van der Waals surface area (Å²) in [7, 11) is 1.79. The molecule has 0 N–H and O–H groups in total. The molecular formula is C12H14N2O2S. The van der Waals surface area contributed by atoms with Crippen molar-refractivity contribution in [3.8, 4) is 0 Å². The van der Waals surface area contributed by atoms with Gasteiger partial charge < -0.3 is 9.32 Å². The van der Waals surface area contributed by atoms with Crippen molar-refractivity contribution in [3.05, 3.63) is 40.2 Å². The Morgan fingerprint density at radius 3 is 3.00 bits per heavy atom. The maximum atomic E-state index is 11.9. The van der Waals surface area contributed by atoms with E-state index in [1.807, 2.05) is 13.1 Å². The molecule has 2 heterocycles. The van der Waals surface area contributed by atoms with Gasteiger partial charge in [-0.1, -0.05) is 0 Å². The molecule has 0 aliphatic heterocycles. The zero-order chi connectivity index (χ0) is 12.3. The lowest BCUT2D eigenvalue weighted by Crippen LogP contribution is -2.28. The van der Waals surface area contributed by atoms with Crippen molar-refractivity contribution in [2.75, 3.05) is 13.6 Å². The summed E-state index contributed by atoms with van der Waals surface area (Å²) in [6.07, 6.45) is 5.62. The highest BCUT2D eigenvalue weighted by Gasteiger charge is 2.12. The molecule has 0 saturated carbocycles. The number of hydrogen-bond acceptors (Lipinski definition) is 4. The maximum absolute atomic E-state index is 11.9. The zero-order valence-corrected chi connectivity index (χ0v) is 10.7. The highest BCUT2D eigenvalue weighted by atomic mass is 32.1. The molecular weight excluding hydrogens is 236 g/mol. The van der Waals surface area contributed by atoms with Crippen LogP contribution in [0.25, 0.3) is 0 Å². The van der Waals surface area contributed by atoms with E-state index < -0.39 is 0 Å². The van der Waals surface area contributed by atoms with Gasteiger partial charge in [0.25, 0.3) is 5.91 Å². The summed E-state index contributed by atoms with van der Waals surface area (Å²) in [5, 5.41) is 1.06. The number of carbonyl (C=O) groups is 1. The van der Waals surface area contributed by atoms with Gasteiger partial charge in [-0.25, -0.2) is 4.98 Å². The van der Waals surface area contributed by atoms with Crippen molar-refractivity contribution in [2.24, 2.45) is 0 Å². The zero-order valence-electron chi connectivity index (χ0n) is 9.84. The van der Waals surface area contributed by atoms with Crippen LogP contribution >= 0.6 is 11.3 Å². The molecule has 0 bridgehead atoms. The second kappa shape index (κ2) is 5.14. The predicted molar refractivity (Wildman–Crippen MR) is 66.2 cm³/mol. The lowest BCUT2D eigenvalue weighted by molar-refractivity contribution is 0.0796. The molecule has 0 spiro atoms. The van der Waals surface area contributed by atoms with Crippen molar-refractivity contribution in [1.82, 2.24) is 9.88 Å². The summed E-state index contributed by atoms with van der Waals surface area (Å²) in [6, 6.07) is 1.67. The molecule has 4 nitrogen and oxygen atoms in total. The number of carbonyl (C=O) groups excluding carboxylic acids is 1. The average Bonchev–Trinajstić information content (AvgIpc) is 2.95. The van der Waals surface area contributed by atoms with E-state index in [0.717, 1.165) is 11.4 Å². The van der Waals surface area contributed by atoms with Crippen molar-refractivity contribution in [3.63, 3.8) is 0 Å². The highest BCUT2D eigenvalue weighted by molar-refractivity contribution is 7.11. The monoisotopic (exact) mass is 250 g/mol. The van der Waals surface area contributed by atoms with Crippen LogP contribution in [-0.2, 0) is 6.42 Å². The molecule has 0 atom stereocenters. The Labute approximate surface area is 104 Å². The second-order valence-corrected chi connectivity index (χ2v) is 5.17. The smallest absolute Gasteiger partial charge is 0.256 e. The normalized spacial score (nSPS) is 10.5. The molecule has 0 unspecified atom stereocenters. The van der Waals surface area contributed by atoms with Gasteiger partial charge in [-0.2, -0.15) is 0 Å². The highest BCUT2D eigenvalue weighted by Crippen LogP contribution is 2.12. The Kier molecular flexibility index (Phi) is 3.58. The number of nitrogens with zero attached hydrogens (tertiary/aromatic N) is 2. The first-order valence-electron chi connectivity index (χ1n) is 5.36. The molecule has 17 heavy (non-hydrogen) atoms. The van der Waals surface area contributed by atoms with E-state index in [4.69, 9.17) is 4.42 Å². The minimum Gasteiger partial charge on any atom is -0.472 e. The molecule has 0 radical (unpaired) electrons. The van der Waals surface area contributed by atoms with Crippen LogP contribution in [-0.4, -0.2) is 29.4 Å². The number of thiazole rings is 1. The quantitative estimate of drug-likeness (QED) is 0.836. The summed E-state index contributed by atoms with van der Waals surface area (Å²) in [4.78, 5) is 19.0. The SMILES string of the molecule is Cc1cnc(CCN(C)C(=O)c2ccoc2)s1. The molecule has 0 aliphatic rings. The van der Waals surface area contributed by atoms with Crippen molar-refractivity contribution in [2.45, 2.75) is 13.3 Å². The van der Waals surface area contributed by atoms with Gasteiger partial charge in [0, 0.05) is 31.1 Å². The fourth-order valence-electron chi connectivity index (χ4n) is 1.49. The number of aryl methyl sites for hydroxylation is 1. The van der Waals surface area contributed by atoms with Gasteiger partial charge in [0.05, 0.1) is 16.8 Å². The standard InChI is InChI=1S/C12H14N2O2S/c1-9-7-13-11(17-9)3-5-14(2)12(15)10-4-6-16-8-10/h4,6-8H,3,5H2,1-2H3. The molecule has 0 aromatic carbocycles.